The number of benzene rings is 2. The van der Waals surface area contributed by atoms with E-state index in [1.165, 1.54) is 0 Å². The van der Waals surface area contributed by atoms with Crippen molar-refractivity contribution in [3.05, 3.63) is 84.5 Å². The first-order valence-electron chi connectivity index (χ1n) is 7.25. The Kier molecular flexibility index (Phi) is 4.95. The number of rotatable bonds is 7. The van der Waals surface area contributed by atoms with Gasteiger partial charge < -0.3 is 5.11 Å². The van der Waals surface area contributed by atoms with Crippen molar-refractivity contribution in [3.63, 3.8) is 0 Å². The molecule has 112 valence electrons. The van der Waals surface area contributed by atoms with Crippen molar-refractivity contribution in [2.24, 2.45) is 0 Å². The number of fused-ring (bicyclic) bond motifs is 1. The van der Waals surface area contributed by atoms with E-state index in [0.29, 0.717) is 18.4 Å². The number of allylic oxidation sites excluding steroid dienone is 3. The summed E-state index contributed by atoms with van der Waals surface area (Å²) in [5.41, 5.74) is 3.56. The third-order valence-electron chi connectivity index (χ3n) is 3.67. The molecule has 0 saturated heterocycles. The zero-order valence-corrected chi connectivity index (χ0v) is 12.6. The standard InChI is InChI=1S/C20H20O2/c1-4-7-14-10-17-12-15(8-5-2)16(9-6-3)13-18(17)19(11-14)20(21)22/h4-6,10-13H,1-3,7-9H2,(H,21,22). The van der Waals surface area contributed by atoms with Gasteiger partial charge in [0.05, 0.1) is 5.56 Å². The van der Waals surface area contributed by atoms with Gasteiger partial charge in [-0.15, -0.1) is 19.7 Å². The highest BCUT2D eigenvalue weighted by Crippen LogP contribution is 2.27. The molecular weight excluding hydrogens is 272 g/mol. The summed E-state index contributed by atoms with van der Waals surface area (Å²) in [5, 5.41) is 11.2. The molecule has 0 aliphatic rings. The highest BCUT2D eigenvalue weighted by molar-refractivity contribution is 6.04. The van der Waals surface area contributed by atoms with Gasteiger partial charge in [0.2, 0.25) is 0 Å². The van der Waals surface area contributed by atoms with Gasteiger partial charge in [0.25, 0.3) is 0 Å². The molecule has 0 radical (unpaired) electrons. The van der Waals surface area contributed by atoms with Crippen LogP contribution in [0, 0.1) is 0 Å². The van der Waals surface area contributed by atoms with E-state index in [1.807, 2.05) is 24.3 Å². The van der Waals surface area contributed by atoms with Crippen LogP contribution in [-0.2, 0) is 19.3 Å². The smallest absolute Gasteiger partial charge is 0.336 e. The van der Waals surface area contributed by atoms with E-state index in [4.69, 9.17) is 0 Å². The molecule has 0 bridgehead atoms. The van der Waals surface area contributed by atoms with Crippen LogP contribution in [0.2, 0.25) is 0 Å². The molecule has 0 atom stereocenters. The summed E-state index contributed by atoms with van der Waals surface area (Å²) in [5.74, 6) is -0.906. The van der Waals surface area contributed by atoms with E-state index >= 15 is 0 Å². The summed E-state index contributed by atoms with van der Waals surface area (Å²) < 4.78 is 0. The first kappa shape index (κ1) is 15.8. The summed E-state index contributed by atoms with van der Waals surface area (Å²) in [6.07, 6.45) is 7.60. The lowest BCUT2D eigenvalue weighted by Crippen LogP contribution is -2.01. The van der Waals surface area contributed by atoms with Crippen LogP contribution in [0.25, 0.3) is 10.8 Å². The Morgan fingerprint density at radius 1 is 0.909 bits per heavy atom. The van der Waals surface area contributed by atoms with E-state index in [-0.39, 0.29) is 0 Å². The van der Waals surface area contributed by atoms with E-state index < -0.39 is 5.97 Å². The zero-order chi connectivity index (χ0) is 16.1. The molecule has 2 heteroatoms. The first-order valence-corrected chi connectivity index (χ1v) is 7.25. The van der Waals surface area contributed by atoms with Crippen molar-refractivity contribution in [3.8, 4) is 0 Å². The van der Waals surface area contributed by atoms with Crippen molar-refractivity contribution in [1.82, 2.24) is 0 Å². The van der Waals surface area contributed by atoms with E-state index in [9.17, 15) is 9.90 Å². The Morgan fingerprint density at radius 2 is 1.50 bits per heavy atom. The SMILES string of the molecule is C=CCc1cc(C(=O)O)c2cc(CC=C)c(CC=C)cc2c1. The number of hydrogen-bond acceptors (Lipinski definition) is 1. The maximum Gasteiger partial charge on any atom is 0.336 e. The Balaban J connectivity index is 2.76. The second kappa shape index (κ2) is 6.90. The number of aromatic carboxylic acids is 1. The maximum atomic E-state index is 11.6. The molecule has 0 heterocycles. The van der Waals surface area contributed by atoms with Crippen LogP contribution in [0.5, 0.6) is 0 Å². The van der Waals surface area contributed by atoms with Crippen molar-refractivity contribution < 1.29 is 9.90 Å². The molecule has 0 aliphatic heterocycles. The molecule has 1 N–H and O–H groups in total. The van der Waals surface area contributed by atoms with Crippen LogP contribution in [0.4, 0.5) is 0 Å². The van der Waals surface area contributed by atoms with Crippen molar-refractivity contribution in [1.29, 1.82) is 0 Å². The lowest BCUT2D eigenvalue weighted by molar-refractivity contribution is 0.0699. The van der Waals surface area contributed by atoms with Gasteiger partial charge in [0.1, 0.15) is 0 Å². The second-order valence-electron chi connectivity index (χ2n) is 5.27. The summed E-state index contributed by atoms with van der Waals surface area (Å²) in [6, 6.07) is 7.80. The lowest BCUT2D eigenvalue weighted by Gasteiger charge is -2.12. The third-order valence-corrected chi connectivity index (χ3v) is 3.67. The summed E-state index contributed by atoms with van der Waals surface area (Å²) in [7, 11) is 0. The Labute approximate surface area is 131 Å². The predicted molar refractivity (Wildman–Crippen MR) is 92.6 cm³/mol. The van der Waals surface area contributed by atoms with Gasteiger partial charge in [-0.3, -0.25) is 0 Å². The van der Waals surface area contributed by atoms with Gasteiger partial charge in [-0.25, -0.2) is 4.79 Å². The zero-order valence-electron chi connectivity index (χ0n) is 12.6. The Hall–Kier alpha value is -2.61. The number of carbonyl (C=O) groups is 1. The number of carboxylic acids is 1. The quantitative estimate of drug-likeness (QED) is 0.749. The molecular formula is C20H20O2. The fraction of sp³-hybridized carbons (Fsp3) is 0.150. The van der Waals surface area contributed by atoms with Gasteiger partial charge in [-0.05, 0) is 58.9 Å². The van der Waals surface area contributed by atoms with E-state index in [0.717, 1.165) is 33.9 Å². The maximum absolute atomic E-state index is 11.6. The van der Waals surface area contributed by atoms with Crippen LogP contribution in [0.1, 0.15) is 27.0 Å². The third kappa shape index (κ3) is 3.17. The molecule has 22 heavy (non-hydrogen) atoms. The van der Waals surface area contributed by atoms with E-state index in [1.54, 1.807) is 12.1 Å². The second-order valence-corrected chi connectivity index (χ2v) is 5.27. The molecule has 2 nitrogen and oxygen atoms in total. The van der Waals surface area contributed by atoms with Crippen molar-refractivity contribution >= 4 is 16.7 Å². The number of carboxylic acid groups (broad SMARTS) is 1. The van der Waals surface area contributed by atoms with Gasteiger partial charge in [-0.2, -0.15) is 0 Å². The molecule has 0 spiro atoms. The van der Waals surface area contributed by atoms with Gasteiger partial charge in [0, 0.05) is 0 Å². The molecule has 0 fully saturated rings. The van der Waals surface area contributed by atoms with Crippen LogP contribution in [0.15, 0.2) is 62.2 Å². The topological polar surface area (TPSA) is 37.3 Å². The fourth-order valence-electron chi connectivity index (χ4n) is 2.72. The van der Waals surface area contributed by atoms with Gasteiger partial charge in [-0.1, -0.05) is 30.4 Å². The molecule has 0 unspecified atom stereocenters. The molecule has 2 rings (SSSR count). The Morgan fingerprint density at radius 3 is 2.05 bits per heavy atom. The molecule has 0 aliphatic carbocycles. The summed E-state index contributed by atoms with van der Waals surface area (Å²) in [6.45, 7) is 11.3. The Bertz CT molecular complexity index is 754. The fourth-order valence-corrected chi connectivity index (χ4v) is 2.72. The average molecular weight is 292 g/mol. The minimum atomic E-state index is -0.906. The monoisotopic (exact) mass is 292 g/mol. The normalized spacial score (nSPS) is 10.4. The summed E-state index contributed by atoms with van der Waals surface area (Å²) >= 11 is 0. The van der Waals surface area contributed by atoms with Crippen molar-refractivity contribution in [2.75, 3.05) is 0 Å². The minimum absolute atomic E-state index is 0.338. The lowest BCUT2D eigenvalue weighted by atomic mass is 9.92. The molecule has 0 saturated carbocycles. The van der Waals surface area contributed by atoms with Crippen LogP contribution < -0.4 is 0 Å². The van der Waals surface area contributed by atoms with Gasteiger partial charge >= 0.3 is 5.97 Å². The van der Waals surface area contributed by atoms with Gasteiger partial charge in [0.15, 0.2) is 0 Å². The van der Waals surface area contributed by atoms with Crippen molar-refractivity contribution in [2.45, 2.75) is 19.3 Å². The molecule has 2 aromatic rings. The molecule has 2 aromatic carbocycles. The van der Waals surface area contributed by atoms with Crippen LogP contribution in [-0.4, -0.2) is 11.1 Å². The van der Waals surface area contributed by atoms with Crippen LogP contribution >= 0.6 is 0 Å². The molecule has 0 aromatic heterocycles. The minimum Gasteiger partial charge on any atom is -0.478 e. The molecule has 0 amide bonds. The number of hydrogen-bond donors (Lipinski definition) is 1. The average Bonchev–Trinajstić information content (AvgIpc) is 2.48. The largest absolute Gasteiger partial charge is 0.478 e. The van der Waals surface area contributed by atoms with E-state index in [2.05, 4.69) is 25.8 Å². The first-order chi connectivity index (χ1) is 10.6. The predicted octanol–water partition coefficient (Wildman–Crippen LogP) is 4.72. The van der Waals surface area contributed by atoms with Crippen LogP contribution in [0.3, 0.4) is 0 Å². The highest BCUT2D eigenvalue weighted by Gasteiger charge is 2.13. The highest BCUT2D eigenvalue weighted by atomic mass is 16.4. The summed E-state index contributed by atoms with van der Waals surface area (Å²) in [4.78, 5) is 11.6.